The summed E-state index contributed by atoms with van der Waals surface area (Å²) in [5.41, 5.74) is 1.56. The number of carbonyl (C=O) groups is 1. The molecule has 1 aliphatic heterocycles. The lowest BCUT2D eigenvalue weighted by Crippen LogP contribution is -2.50. The summed E-state index contributed by atoms with van der Waals surface area (Å²) < 4.78 is 10.7. The van der Waals surface area contributed by atoms with Crippen LogP contribution in [-0.2, 0) is 4.79 Å². The molecule has 2 aromatic carbocycles. The lowest BCUT2D eigenvalue weighted by atomic mass is 10.2. The maximum atomic E-state index is 12.4. The highest BCUT2D eigenvalue weighted by Gasteiger charge is 2.21. The molecule has 1 aliphatic rings. The van der Waals surface area contributed by atoms with Crippen LogP contribution in [-0.4, -0.2) is 50.7 Å². The first-order valence-electron chi connectivity index (χ1n) is 8.50. The van der Waals surface area contributed by atoms with Crippen LogP contribution in [0.1, 0.15) is 5.56 Å². The fourth-order valence-corrected chi connectivity index (χ4v) is 2.92. The van der Waals surface area contributed by atoms with Gasteiger partial charge in [0.15, 0.2) is 6.61 Å². The number of carbonyl (C=O) groups excluding carboxylic acids is 1. The van der Waals surface area contributed by atoms with Crippen molar-refractivity contribution in [3.05, 3.63) is 54.1 Å². The quantitative estimate of drug-likeness (QED) is 0.827. The van der Waals surface area contributed by atoms with Crippen LogP contribution in [0, 0.1) is 11.3 Å². The summed E-state index contributed by atoms with van der Waals surface area (Å²) in [6.07, 6.45) is 0. The number of para-hydroxylation sites is 1. The second-order valence-electron chi connectivity index (χ2n) is 5.96. The number of benzene rings is 2. The van der Waals surface area contributed by atoms with Crippen molar-refractivity contribution in [2.75, 3.05) is 44.8 Å². The summed E-state index contributed by atoms with van der Waals surface area (Å²) in [7, 11) is 1.65. The Balaban J connectivity index is 1.51. The Labute approximate surface area is 153 Å². The molecule has 1 heterocycles. The Morgan fingerprint density at radius 3 is 2.42 bits per heavy atom. The maximum Gasteiger partial charge on any atom is 0.260 e. The summed E-state index contributed by atoms with van der Waals surface area (Å²) in [4.78, 5) is 16.4. The predicted molar refractivity (Wildman–Crippen MR) is 98.4 cm³/mol. The van der Waals surface area contributed by atoms with Gasteiger partial charge >= 0.3 is 0 Å². The van der Waals surface area contributed by atoms with Crippen molar-refractivity contribution in [1.82, 2.24) is 4.90 Å². The van der Waals surface area contributed by atoms with E-state index in [1.165, 1.54) is 0 Å². The summed E-state index contributed by atoms with van der Waals surface area (Å²) in [6.45, 7) is 2.78. The minimum atomic E-state index is -0.0628. The normalized spacial score (nSPS) is 13.8. The van der Waals surface area contributed by atoms with E-state index >= 15 is 0 Å². The second-order valence-corrected chi connectivity index (χ2v) is 5.96. The van der Waals surface area contributed by atoms with E-state index in [1.54, 1.807) is 36.3 Å². The van der Waals surface area contributed by atoms with Crippen molar-refractivity contribution in [2.45, 2.75) is 0 Å². The number of nitriles is 1. The van der Waals surface area contributed by atoms with Gasteiger partial charge < -0.3 is 19.3 Å². The average molecular weight is 351 g/mol. The number of ether oxygens (including phenoxy) is 2. The van der Waals surface area contributed by atoms with Crippen LogP contribution >= 0.6 is 0 Å². The van der Waals surface area contributed by atoms with E-state index in [9.17, 15) is 4.79 Å². The molecule has 26 heavy (non-hydrogen) atoms. The molecular weight excluding hydrogens is 330 g/mol. The molecule has 1 saturated heterocycles. The first kappa shape index (κ1) is 17.6. The number of piperazine rings is 1. The van der Waals surface area contributed by atoms with Gasteiger partial charge in [0, 0.05) is 31.9 Å². The van der Waals surface area contributed by atoms with Crippen molar-refractivity contribution in [3.8, 4) is 17.6 Å². The van der Waals surface area contributed by atoms with Crippen LogP contribution in [0.3, 0.4) is 0 Å². The molecule has 2 aromatic rings. The van der Waals surface area contributed by atoms with Gasteiger partial charge in [0.25, 0.3) is 5.91 Å². The molecule has 134 valence electrons. The Bertz CT molecular complexity index is 791. The molecule has 1 amide bonds. The van der Waals surface area contributed by atoms with E-state index in [2.05, 4.69) is 11.0 Å². The minimum Gasteiger partial charge on any atom is -0.497 e. The van der Waals surface area contributed by atoms with E-state index in [0.717, 1.165) is 24.5 Å². The zero-order valence-corrected chi connectivity index (χ0v) is 14.7. The number of amides is 1. The molecule has 0 atom stereocenters. The number of methoxy groups -OCH3 is 1. The number of hydrogen-bond acceptors (Lipinski definition) is 5. The van der Waals surface area contributed by atoms with Gasteiger partial charge in [-0.1, -0.05) is 12.1 Å². The van der Waals surface area contributed by atoms with E-state index in [0.29, 0.717) is 24.4 Å². The summed E-state index contributed by atoms with van der Waals surface area (Å²) in [5.74, 6) is 1.21. The van der Waals surface area contributed by atoms with Gasteiger partial charge in [-0.25, -0.2) is 0 Å². The highest BCUT2D eigenvalue weighted by atomic mass is 16.5. The van der Waals surface area contributed by atoms with E-state index in [1.807, 2.05) is 24.3 Å². The van der Waals surface area contributed by atoms with Gasteiger partial charge in [-0.2, -0.15) is 5.26 Å². The van der Waals surface area contributed by atoms with Crippen LogP contribution in [0.15, 0.2) is 48.5 Å². The van der Waals surface area contributed by atoms with Crippen LogP contribution in [0.4, 0.5) is 5.69 Å². The van der Waals surface area contributed by atoms with Crippen molar-refractivity contribution in [3.63, 3.8) is 0 Å². The molecule has 0 unspecified atom stereocenters. The van der Waals surface area contributed by atoms with Crippen molar-refractivity contribution >= 4 is 11.6 Å². The van der Waals surface area contributed by atoms with Gasteiger partial charge in [0.2, 0.25) is 0 Å². The molecular formula is C20H21N3O3. The van der Waals surface area contributed by atoms with Crippen molar-refractivity contribution in [1.29, 1.82) is 5.26 Å². The molecule has 0 radical (unpaired) electrons. The van der Waals surface area contributed by atoms with Crippen molar-refractivity contribution < 1.29 is 14.3 Å². The van der Waals surface area contributed by atoms with E-state index < -0.39 is 0 Å². The van der Waals surface area contributed by atoms with E-state index in [4.69, 9.17) is 14.7 Å². The van der Waals surface area contributed by atoms with Gasteiger partial charge in [-0.15, -0.1) is 0 Å². The molecule has 0 spiro atoms. The second kappa shape index (κ2) is 8.26. The molecule has 0 bridgehead atoms. The fraction of sp³-hybridized carbons (Fsp3) is 0.300. The van der Waals surface area contributed by atoms with Gasteiger partial charge in [-0.3, -0.25) is 4.79 Å². The molecule has 6 heteroatoms. The summed E-state index contributed by atoms with van der Waals surface area (Å²) in [6, 6.07) is 16.9. The number of rotatable bonds is 5. The smallest absolute Gasteiger partial charge is 0.260 e. The fourth-order valence-electron chi connectivity index (χ4n) is 2.92. The Morgan fingerprint density at radius 2 is 1.77 bits per heavy atom. The first-order valence-corrected chi connectivity index (χ1v) is 8.50. The van der Waals surface area contributed by atoms with Gasteiger partial charge in [0.1, 0.15) is 17.6 Å². The standard InChI is InChI=1S/C20H21N3O3/c1-25-18-8-6-17(7-9-18)22-10-12-23(13-11-22)20(24)15-26-19-5-3-2-4-16(19)14-21/h2-9H,10-13,15H2,1H3. The molecule has 0 aliphatic carbocycles. The molecule has 6 nitrogen and oxygen atoms in total. The Morgan fingerprint density at radius 1 is 1.08 bits per heavy atom. The third-order valence-electron chi connectivity index (χ3n) is 4.43. The molecule has 0 saturated carbocycles. The first-order chi connectivity index (χ1) is 12.7. The van der Waals surface area contributed by atoms with Crippen LogP contribution in [0.25, 0.3) is 0 Å². The largest absolute Gasteiger partial charge is 0.497 e. The van der Waals surface area contributed by atoms with E-state index in [-0.39, 0.29) is 12.5 Å². The van der Waals surface area contributed by atoms with Crippen molar-refractivity contribution in [2.24, 2.45) is 0 Å². The number of hydrogen-bond donors (Lipinski definition) is 0. The number of nitrogens with zero attached hydrogens (tertiary/aromatic N) is 3. The predicted octanol–water partition coefficient (Wildman–Crippen LogP) is 2.29. The Hall–Kier alpha value is -3.20. The van der Waals surface area contributed by atoms with Crippen LogP contribution < -0.4 is 14.4 Å². The highest BCUT2D eigenvalue weighted by Crippen LogP contribution is 2.21. The van der Waals surface area contributed by atoms with Gasteiger partial charge in [0.05, 0.1) is 12.7 Å². The zero-order valence-electron chi connectivity index (χ0n) is 14.7. The lowest BCUT2D eigenvalue weighted by Gasteiger charge is -2.36. The third kappa shape index (κ3) is 4.06. The monoisotopic (exact) mass is 351 g/mol. The van der Waals surface area contributed by atoms with Crippen LogP contribution in [0.2, 0.25) is 0 Å². The molecule has 0 aromatic heterocycles. The lowest BCUT2D eigenvalue weighted by molar-refractivity contribution is -0.133. The molecule has 3 rings (SSSR count). The number of anilines is 1. The minimum absolute atomic E-state index is 0.0543. The molecule has 0 N–H and O–H groups in total. The SMILES string of the molecule is COc1ccc(N2CCN(C(=O)COc3ccccc3C#N)CC2)cc1. The highest BCUT2D eigenvalue weighted by molar-refractivity contribution is 5.78. The maximum absolute atomic E-state index is 12.4. The zero-order chi connectivity index (χ0) is 18.4. The third-order valence-corrected chi connectivity index (χ3v) is 4.43. The van der Waals surface area contributed by atoms with Gasteiger partial charge in [-0.05, 0) is 36.4 Å². The summed E-state index contributed by atoms with van der Waals surface area (Å²) >= 11 is 0. The topological polar surface area (TPSA) is 65.8 Å². The Kier molecular flexibility index (Phi) is 5.59. The summed E-state index contributed by atoms with van der Waals surface area (Å²) in [5, 5.41) is 9.06. The molecule has 1 fully saturated rings. The van der Waals surface area contributed by atoms with Crippen LogP contribution in [0.5, 0.6) is 11.5 Å². The average Bonchev–Trinajstić information content (AvgIpc) is 2.72.